The van der Waals surface area contributed by atoms with Crippen molar-refractivity contribution in [3.8, 4) is 0 Å². The molecule has 1 N–H and O–H groups in total. The maximum atomic E-state index is 10.9. The van der Waals surface area contributed by atoms with E-state index in [9.17, 15) is 4.79 Å². The lowest BCUT2D eigenvalue weighted by Gasteiger charge is -1.99. The van der Waals surface area contributed by atoms with Crippen molar-refractivity contribution in [2.45, 2.75) is 25.8 Å². The Labute approximate surface area is 66.8 Å². The minimum Gasteiger partial charge on any atom is -0.353 e. The number of rotatable bonds is 3. The third-order valence-corrected chi connectivity index (χ3v) is 2.02. The Bertz CT molecular complexity index is 138. The molecule has 1 saturated carbocycles. The highest BCUT2D eigenvalue weighted by molar-refractivity contribution is 7.80. The van der Waals surface area contributed by atoms with Gasteiger partial charge in [0.2, 0.25) is 5.91 Å². The summed E-state index contributed by atoms with van der Waals surface area (Å²) in [6.45, 7) is 2.14. The van der Waals surface area contributed by atoms with Crippen LogP contribution in [0.3, 0.4) is 0 Å². The molecule has 2 atom stereocenters. The quantitative estimate of drug-likeness (QED) is 0.587. The van der Waals surface area contributed by atoms with Crippen molar-refractivity contribution < 1.29 is 4.79 Å². The molecule has 0 spiro atoms. The van der Waals surface area contributed by atoms with Crippen molar-refractivity contribution >= 4 is 18.5 Å². The van der Waals surface area contributed by atoms with Gasteiger partial charge in [-0.15, -0.1) is 0 Å². The van der Waals surface area contributed by atoms with Gasteiger partial charge in [-0.2, -0.15) is 12.6 Å². The van der Waals surface area contributed by atoms with Gasteiger partial charge in [-0.05, 0) is 18.1 Å². The van der Waals surface area contributed by atoms with Crippen LogP contribution in [-0.2, 0) is 4.79 Å². The molecule has 0 heterocycles. The average molecular weight is 159 g/mol. The molecule has 0 aromatic rings. The van der Waals surface area contributed by atoms with Crippen molar-refractivity contribution in [3.63, 3.8) is 0 Å². The van der Waals surface area contributed by atoms with Gasteiger partial charge in [0.1, 0.15) is 0 Å². The zero-order valence-corrected chi connectivity index (χ0v) is 7.03. The van der Waals surface area contributed by atoms with E-state index in [2.05, 4.69) is 24.9 Å². The summed E-state index contributed by atoms with van der Waals surface area (Å²) in [5, 5.41) is 2.92. The van der Waals surface area contributed by atoms with E-state index in [1.54, 1.807) is 0 Å². The van der Waals surface area contributed by atoms with E-state index in [-0.39, 0.29) is 5.91 Å². The van der Waals surface area contributed by atoms with Gasteiger partial charge in [0, 0.05) is 12.5 Å². The van der Waals surface area contributed by atoms with Crippen LogP contribution in [0.1, 0.15) is 19.8 Å². The lowest BCUT2D eigenvalue weighted by molar-refractivity contribution is -0.120. The molecule has 2 nitrogen and oxygen atoms in total. The second-order valence-electron chi connectivity index (χ2n) is 2.86. The van der Waals surface area contributed by atoms with Gasteiger partial charge >= 0.3 is 0 Å². The van der Waals surface area contributed by atoms with E-state index >= 15 is 0 Å². The molecule has 1 amide bonds. The molecule has 0 aliphatic heterocycles. The molecular formula is C7H13NOS. The minimum absolute atomic E-state index is 0.143. The summed E-state index contributed by atoms with van der Waals surface area (Å²) in [6.07, 6.45) is 1.70. The summed E-state index contributed by atoms with van der Waals surface area (Å²) in [5.74, 6) is 1.49. The first-order valence-corrected chi connectivity index (χ1v) is 4.27. The molecule has 0 saturated heterocycles. The summed E-state index contributed by atoms with van der Waals surface area (Å²) in [6, 6.07) is 0.465. The van der Waals surface area contributed by atoms with Crippen LogP contribution in [0.2, 0.25) is 0 Å². The molecular weight excluding hydrogens is 146 g/mol. The zero-order chi connectivity index (χ0) is 7.56. The van der Waals surface area contributed by atoms with Crippen LogP contribution in [0.4, 0.5) is 0 Å². The van der Waals surface area contributed by atoms with E-state index in [1.807, 2.05) is 0 Å². The maximum absolute atomic E-state index is 10.9. The Morgan fingerprint density at radius 3 is 2.80 bits per heavy atom. The predicted octanol–water partition coefficient (Wildman–Crippen LogP) is 0.831. The number of nitrogens with one attached hydrogen (secondary N) is 1. The summed E-state index contributed by atoms with van der Waals surface area (Å²) in [7, 11) is 0. The fraction of sp³-hybridized carbons (Fsp3) is 0.857. The summed E-state index contributed by atoms with van der Waals surface area (Å²) in [5.41, 5.74) is 0. The average Bonchev–Trinajstić information content (AvgIpc) is 2.47. The molecule has 1 fully saturated rings. The first kappa shape index (κ1) is 7.92. The standard InChI is InChI=1S/C7H13NOS/c1-5-4-6(5)8-7(9)2-3-10/h5-6,10H,2-4H2,1H3,(H,8,9). The number of thiol groups is 1. The van der Waals surface area contributed by atoms with Gasteiger partial charge in [0.15, 0.2) is 0 Å². The molecule has 1 aliphatic carbocycles. The van der Waals surface area contributed by atoms with Crippen LogP contribution >= 0.6 is 12.6 Å². The van der Waals surface area contributed by atoms with E-state index in [4.69, 9.17) is 0 Å². The fourth-order valence-corrected chi connectivity index (χ4v) is 1.11. The van der Waals surface area contributed by atoms with E-state index < -0.39 is 0 Å². The van der Waals surface area contributed by atoms with Crippen LogP contribution in [0.5, 0.6) is 0 Å². The van der Waals surface area contributed by atoms with Gasteiger partial charge in [-0.25, -0.2) is 0 Å². The Kier molecular flexibility index (Phi) is 2.60. The number of carbonyl (C=O) groups is 1. The largest absolute Gasteiger partial charge is 0.353 e. The van der Waals surface area contributed by atoms with E-state index in [0.717, 1.165) is 6.42 Å². The van der Waals surface area contributed by atoms with Crippen LogP contribution in [0.15, 0.2) is 0 Å². The first-order chi connectivity index (χ1) is 4.74. The molecule has 0 aromatic heterocycles. The number of carbonyl (C=O) groups excluding carboxylic acids is 1. The van der Waals surface area contributed by atoms with Crippen LogP contribution < -0.4 is 5.32 Å². The third kappa shape index (κ3) is 2.21. The molecule has 58 valence electrons. The van der Waals surface area contributed by atoms with E-state index in [1.165, 1.54) is 0 Å². The van der Waals surface area contributed by atoms with Gasteiger partial charge in [0.05, 0.1) is 0 Å². The molecule has 3 heteroatoms. The van der Waals surface area contributed by atoms with Gasteiger partial charge in [-0.1, -0.05) is 6.92 Å². The minimum atomic E-state index is 0.143. The number of hydrogen-bond acceptors (Lipinski definition) is 2. The molecule has 2 unspecified atom stereocenters. The first-order valence-electron chi connectivity index (χ1n) is 3.64. The smallest absolute Gasteiger partial charge is 0.221 e. The third-order valence-electron chi connectivity index (χ3n) is 1.79. The molecule has 0 radical (unpaired) electrons. The van der Waals surface area contributed by atoms with Crippen molar-refractivity contribution in [3.05, 3.63) is 0 Å². The highest BCUT2D eigenvalue weighted by atomic mass is 32.1. The van der Waals surface area contributed by atoms with Gasteiger partial charge < -0.3 is 5.32 Å². The van der Waals surface area contributed by atoms with Crippen molar-refractivity contribution in [1.29, 1.82) is 0 Å². The molecule has 1 rings (SSSR count). The Morgan fingerprint density at radius 1 is 1.80 bits per heavy atom. The van der Waals surface area contributed by atoms with Crippen molar-refractivity contribution in [1.82, 2.24) is 5.32 Å². The van der Waals surface area contributed by atoms with Crippen molar-refractivity contribution in [2.75, 3.05) is 5.75 Å². The summed E-state index contributed by atoms with van der Waals surface area (Å²) < 4.78 is 0. The van der Waals surface area contributed by atoms with Crippen LogP contribution in [0.25, 0.3) is 0 Å². The summed E-state index contributed by atoms with van der Waals surface area (Å²) >= 11 is 3.96. The highest BCUT2D eigenvalue weighted by Gasteiger charge is 2.33. The maximum Gasteiger partial charge on any atom is 0.221 e. The second kappa shape index (κ2) is 3.28. The Morgan fingerprint density at radius 2 is 2.40 bits per heavy atom. The monoisotopic (exact) mass is 159 g/mol. The van der Waals surface area contributed by atoms with Crippen molar-refractivity contribution in [2.24, 2.45) is 5.92 Å². The molecule has 1 aliphatic rings. The number of amides is 1. The van der Waals surface area contributed by atoms with Crippen LogP contribution in [-0.4, -0.2) is 17.7 Å². The lowest BCUT2D eigenvalue weighted by atomic mass is 10.4. The van der Waals surface area contributed by atoms with E-state index in [0.29, 0.717) is 24.1 Å². The zero-order valence-electron chi connectivity index (χ0n) is 6.13. The predicted molar refractivity (Wildman–Crippen MR) is 44.2 cm³/mol. The second-order valence-corrected chi connectivity index (χ2v) is 3.31. The molecule has 10 heavy (non-hydrogen) atoms. The topological polar surface area (TPSA) is 29.1 Å². The highest BCUT2D eigenvalue weighted by Crippen LogP contribution is 2.28. The fourth-order valence-electron chi connectivity index (χ4n) is 0.904. The Hall–Kier alpha value is -0.180. The molecule has 0 bridgehead atoms. The normalized spacial score (nSPS) is 29.8. The SMILES string of the molecule is CC1CC1NC(=O)CCS. The Balaban J connectivity index is 2.07. The lowest BCUT2D eigenvalue weighted by Crippen LogP contribution is -2.26. The van der Waals surface area contributed by atoms with Gasteiger partial charge in [-0.3, -0.25) is 4.79 Å². The molecule has 0 aromatic carbocycles. The van der Waals surface area contributed by atoms with Gasteiger partial charge in [0.25, 0.3) is 0 Å². The summed E-state index contributed by atoms with van der Waals surface area (Å²) in [4.78, 5) is 10.9. The van der Waals surface area contributed by atoms with Crippen LogP contribution in [0, 0.1) is 5.92 Å². The number of hydrogen-bond donors (Lipinski definition) is 2.